The van der Waals surface area contributed by atoms with Gasteiger partial charge in [-0.25, -0.2) is 14.8 Å². The maximum absolute atomic E-state index is 12.8. The Morgan fingerprint density at radius 3 is 3.00 bits per heavy atom. The molecule has 2 aliphatic rings. The van der Waals surface area contributed by atoms with E-state index in [4.69, 9.17) is 13.9 Å². The lowest BCUT2D eigenvalue weighted by Gasteiger charge is -2.15. The number of fused-ring (bicyclic) bond motifs is 2. The van der Waals surface area contributed by atoms with Gasteiger partial charge in [0.2, 0.25) is 0 Å². The van der Waals surface area contributed by atoms with Crippen molar-refractivity contribution in [3.63, 3.8) is 0 Å². The van der Waals surface area contributed by atoms with Gasteiger partial charge in [0.05, 0.1) is 13.2 Å². The van der Waals surface area contributed by atoms with Crippen LogP contribution in [0.2, 0.25) is 0 Å². The van der Waals surface area contributed by atoms with Gasteiger partial charge in [-0.15, -0.1) is 0 Å². The van der Waals surface area contributed by atoms with Crippen LogP contribution in [0, 0.1) is 0 Å². The van der Waals surface area contributed by atoms with Crippen molar-refractivity contribution in [1.82, 2.24) is 4.98 Å². The van der Waals surface area contributed by atoms with E-state index in [2.05, 4.69) is 16.0 Å². The molecule has 1 atom stereocenters. The van der Waals surface area contributed by atoms with Crippen molar-refractivity contribution in [2.75, 3.05) is 13.2 Å². The number of carbonyl (C=O) groups is 1. The number of allylic oxidation sites excluding steroid dienone is 1. The largest absolute Gasteiger partial charge is 0.504 e. The molecule has 7 heteroatoms. The number of aryl methyl sites for hydroxylation is 1. The first-order valence-electron chi connectivity index (χ1n) is 11.6. The second-order valence-electron chi connectivity index (χ2n) is 8.34. The van der Waals surface area contributed by atoms with E-state index in [-0.39, 0.29) is 29.6 Å². The molecule has 0 bridgehead atoms. The van der Waals surface area contributed by atoms with Gasteiger partial charge in [0, 0.05) is 29.5 Å². The molecule has 0 fully saturated rings. The van der Waals surface area contributed by atoms with Crippen LogP contribution in [0.3, 0.4) is 0 Å². The number of esters is 1. The van der Waals surface area contributed by atoms with Gasteiger partial charge in [0.15, 0.2) is 17.3 Å². The fourth-order valence-corrected chi connectivity index (χ4v) is 4.53. The Labute approximate surface area is 197 Å². The van der Waals surface area contributed by atoms with Crippen molar-refractivity contribution in [2.24, 2.45) is 4.99 Å². The van der Waals surface area contributed by atoms with Gasteiger partial charge in [0.1, 0.15) is 17.1 Å². The van der Waals surface area contributed by atoms with Gasteiger partial charge in [0.25, 0.3) is 0 Å². The standard InChI is InChI=1S/C27H26N2O5/c1-2-32-27(31)23-24(30)22(15-19-16-29-26-20(19)10-6-13-28-26)34-25(23)18-9-5-8-17-7-3-4-11-21(17)33-14-12-18/h3-4,6-7,10-11,13,15-16,18,30H,2,5,8-9,12,14H2,1H3. The molecule has 1 aromatic carbocycles. The number of aliphatic imine (C=N–C) groups is 1. The molecular formula is C27H26N2O5. The van der Waals surface area contributed by atoms with Crippen LogP contribution in [-0.2, 0) is 11.2 Å². The minimum Gasteiger partial charge on any atom is -0.504 e. The summed E-state index contributed by atoms with van der Waals surface area (Å²) in [6, 6.07) is 11.8. The fraction of sp³-hybridized carbons (Fsp3) is 0.296. The van der Waals surface area contributed by atoms with E-state index in [0.717, 1.165) is 36.1 Å². The molecule has 0 saturated carbocycles. The van der Waals surface area contributed by atoms with E-state index in [1.807, 2.05) is 30.3 Å². The first-order valence-corrected chi connectivity index (χ1v) is 11.6. The molecule has 34 heavy (non-hydrogen) atoms. The van der Waals surface area contributed by atoms with Gasteiger partial charge in [-0.2, -0.15) is 0 Å². The van der Waals surface area contributed by atoms with Gasteiger partial charge >= 0.3 is 5.97 Å². The second kappa shape index (κ2) is 9.55. The van der Waals surface area contributed by atoms with Crippen molar-refractivity contribution in [1.29, 1.82) is 0 Å². The lowest BCUT2D eigenvalue weighted by atomic mass is 9.92. The number of carbonyl (C=O) groups excluding carboxylic acids is 1. The zero-order chi connectivity index (χ0) is 23.5. The molecule has 0 radical (unpaired) electrons. The minimum absolute atomic E-state index is 0.0943. The molecule has 2 aromatic heterocycles. The van der Waals surface area contributed by atoms with Crippen LogP contribution in [0.15, 0.2) is 52.0 Å². The average Bonchev–Trinajstić information content (AvgIpc) is 3.42. The Hall–Kier alpha value is -3.87. The van der Waals surface area contributed by atoms with Crippen LogP contribution >= 0.6 is 0 Å². The van der Waals surface area contributed by atoms with Gasteiger partial charge in [-0.3, -0.25) is 0 Å². The zero-order valence-electron chi connectivity index (χ0n) is 19.0. The molecule has 0 spiro atoms. The van der Waals surface area contributed by atoms with Crippen molar-refractivity contribution in [3.8, 4) is 11.5 Å². The number of hydrogen-bond donors (Lipinski definition) is 1. The number of benzene rings is 1. The highest BCUT2D eigenvalue weighted by molar-refractivity contribution is 6.21. The maximum Gasteiger partial charge on any atom is 0.345 e. The predicted octanol–water partition coefficient (Wildman–Crippen LogP) is 5.70. The summed E-state index contributed by atoms with van der Waals surface area (Å²) in [4.78, 5) is 21.4. The van der Waals surface area contributed by atoms with E-state index >= 15 is 0 Å². The number of para-hydroxylation sites is 1. The Morgan fingerprint density at radius 2 is 2.12 bits per heavy atom. The van der Waals surface area contributed by atoms with Crippen LogP contribution in [-0.4, -0.2) is 35.5 Å². The van der Waals surface area contributed by atoms with Crippen LogP contribution in [0.5, 0.6) is 11.5 Å². The third-order valence-corrected chi connectivity index (χ3v) is 6.19. The normalized spacial score (nSPS) is 18.4. The first kappa shape index (κ1) is 21.9. The molecule has 7 nitrogen and oxygen atoms in total. The number of ether oxygens (including phenoxy) is 2. The number of aromatic hydroxyl groups is 1. The maximum atomic E-state index is 12.8. The summed E-state index contributed by atoms with van der Waals surface area (Å²) in [6.45, 7) is 2.42. The molecule has 5 rings (SSSR count). The van der Waals surface area contributed by atoms with Gasteiger partial charge < -0.3 is 19.0 Å². The topological polar surface area (TPSA) is 94.2 Å². The van der Waals surface area contributed by atoms with Gasteiger partial charge in [-0.05, 0) is 62.4 Å². The number of pyridine rings is 1. The molecule has 1 N–H and O–H groups in total. The highest BCUT2D eigenvalue weighted by Crippen LogP contribution is 2.41. The Morgan fingerprint density at radius 1 is 1.24 bits per heavy atom. The number of aromatic nitrogens is 1. The highest BCUT2D eigenvalue weighted by Gasteiger charge is 2.31. The highest BCUT2D eigenvalue weighted by atomic mass is 16.5. The van der Waals surface area contributed by atoms with Crippen LogP contribution < -0.4 is 4.74 Å². The van der Waals surface area contributed by atoms with Crippen molar-refractivity contribution >= 4 is 29.7 Å². The van der Waals surface area contributed by atoms with Crippen molar-refractivity contribution in [3.05, 3.63) is 70.8 Å². The van der Waals surface area contributed by atoms with Gasteiger partial charge in [-0.1, -0.05) is 18.2 Å². The summed E-state index contributed by atoms with van der Waals surface area (Å²) >= 11 is 0. The summed E-state index contributed by atoms with van der Waals surface area (Å²) in [7, 11) is 0. The van der Waals surface area contributed by atoms with Crippen molar-refractivity contribution in [2.45, 2.75) is 38.5 Å². The van der Waals surface area contributed by atoms with E-state index in [1.165, 1.54) is 5.56 Å². The molecular weight excluding hydrogens is 432 g/mol. The third kappa shape index (κ3) is 4.21. The molecule has 3 aromatic rings. The quantitative estimate of drug-likeness (QED) is 0.504. The number of furan rings is 1. The molecule has 1 unspecified atom stereocenters. The van der Waals surface area contributed by atoms with Crippen molar-refractivity contribution < 1.29 is 23.8 Å². The molecule has 0 saturated heterocycles. The Balaban J connectivity index is 1.50. The summed E-state index contributed by atoms with van der Waals surface area (Å²) in [5.74, 6) is 1.26. The molecule has 174 valence electrons. The fourth-order valence-electron chi connectivity index (χ4n) is 4.53. The number of nitrogens with zero attached hydrogens (tertiary/aromatic N) is 2. The third-order valence-electron chi connectivity index (χ3n) is 6.19. The average molecular weight is 459 g/mol. The Bertz CT molecular complexity index is 1240. The van der Waals surface area contributed by atoms with Crippen LogP contribution in [0.25, 0.3) is 11.6 Å². The summed E-state index contributed by atoms with van der Waals surface area (Å²) in [5, 5.41) is 11.0. The monoisotopic (exact) mass is 458 g/mol. The van der Waals surface area contributed by atoms with Crippen LogP contribution in [0.4, 0.5) is 5.82 Å². The SMILES string of the molecule is CCOC(=O)c1c(C2CCCc3ccccc3OCC2)oc(C=C2C=Nc3ncccc32)c1O. The summed E-state index contributed by atoms with van der Waals surface area (Å²) in [5.41, 5.74) is 2.86. The first-order chi connectivity index (χ1) is 16.7. The molecule has 0 amide bonds. The smallest absolute Gasteiger partial charge is 0.345 e. The lowest BCUT2D eigenvalue weighted by molar-refractivity contribution is 0.0519. The van der Waals surface area contributed by atoms with E-state index < -0.39 is 5.97 Å². The van der Waals surface area contributed by atoms with E-state index in [0.29, 0.717) is 24.6 Å². The Kier molecular flexibility index (Phi) is 6.16. The second-order valence-corrected chi connectivity index (χ2v) is 8.34. The van der Waals surface area contributed by atoms with E-state index in [9.17, 15) is 9.90 Å². The number of rotatable bonds is 4. The van der Waals surface area contributed by atoms with E-state index in [1.54, 1.807) is 25.4 Å². The molecule has 2 aliphatic heterocycles. The minimum atomic E-state index is -0.588. The summed E-state index contributed by atoms with van der Waals surface area (Å²) < 4.78 is 17.5. The molecule has 0 aliphatic carbocycles. The van der Waals surface area contributed by atoms with Crippen LogP contribution in [0.1, 0.15) is 65.1 Å². The zero-order valence-corrected chi connectivity index (χ0v) is 19.0. The lowest BCUT2D eigenvalue weighted by Crippen LogP contribution is -2.11. The summed E-state index contributed by atoms with van der Waals surface area (Å²) in [6.07, 6.45) is 8.26. The molecule has 4 heterocycles. The predicted molar refractivity (Wildman–Crippen MR) is 129 cm³/mol. The number of hydrogen-bond acceptors (Lipinski definition) is 7.